The average molecular weight is 334 g/mol. The second-order valence-electron chi connectivity index (χ2n) is 4.58. The Kier molecular flexibility index (Phi) is 4.40. The van der Waals surface area contributed by atoms with Crippen molar-refractivity contribution in [2.45, 2.75) is 31.6 Å². The fourth-order valence-electron chi connectivity index (χ4n) is 2.02. The molecule has 0 saturated carbocycles. The van der Waals surface area contributed by atoms with Crippen molar-refractivity contribution in [3.63, 3.8) is 0 Å². The van der Waals surface area contributed by atoms with Gasteiger partial charge in [-0.1, -0.05) is 0 Å². The van der Waals surface area contributed by atoms with Crippen molar-refractivity contribution in [2.75, 3.05) is 12.4 Å². The van der Waals surface area contributed by atoms with Crippen LogP contribution in [0.1, 0.15) is 24.1 Å². The molecule has 1 aromatic heterocycles. The average Bonchev–Trinajstić information content (AvgIpc) is 2.76. The van der Waals surface area contributed by atoms with E-state index in [9.17, 15) is 8.42 Å². The van der Waals surface area contributed by atoms with E-state index >= 15 is 0 Å². The molecule has 6 heteroatoms. The lowest BCUT2D eigenvalue weighted by atomic mass is 10.2. The molecule has 2 rings (SSSR count). The Labute approximate surface area is 116 Å². The molecule has 100 valence electrons. The Morgan fingerprint density at radius 2 is 2.33 bits per heavy atom. The molecule has 1 unspecified atom stereocenters. The van der Waals surface area contributed by atoms with Gasteiger partial charge in [0, 0.05) is 17.3 Å². The van der Waals surface area contributed by atoms with E-state index in [1.54, 1.807) is 6.20 Å². The van der Waals surface area contributed by atoms with Crippen molar-refractivity contribution in [3.8, 4) is 0 Å². The van der Waals surface area contributed by atoms with Gasteiger partial charge >= 0.3 is 0 Å². The van der Waals surface area contributed by atoms with Crippen LogP contribution in [0.15, 0.2) is 16.7 Å². The maximum Gasteiger partial charge on any atom is 0.158 e. The first-order chi connectivity index (χ1) is 8.48. The topological polar surface area (TPSA) is 56.3 Å². The summed E-state index contributed by atoms with van der Waals surface area (Å²) < 4.78 is 30.3. The molecule has 1 atom stereocenters. The number of hydrogen-bond acceptors (Lipinski definition) is 4. The van der Waals surface area contributed by atoms with E-state index in [1.807, 2.05) is 13.0 Å². The highest BCUT2D eigenvalue weighted by Crippen LogP contribution is 2.22. The van der Waals surface area contributed by atoms with Crippen molar-refractivity contribution in [1.82, 2.24) is 4.98 Å². The van der Waals surface area contributed by atoms with Crippen molar-refractivity contribution < 1.29 is 13.2 Å². The minimum atomic E-state index is -3.17. The molecule has 0 aromatic carbocycles. The van der Waals surface area contributed by atoms with Gasteiger partial charge in [0.15, 0.2) is 9.84 Å². The Balaban J connectivity index is 2.09. The number of rotatable bonds is 4. The largest absolute Gasteiger partial charge is 0.377 e. The van der Waals surface area contributed by atoms with Crippen LogP contribution in [0, 0.1) is 6.92 Å². The van der Waals surface area contributed by atoms with Gasteiger partial charge in [0.1, 0.15) is 0 Å². The Morgan fingerprint density at radius 1 is 1.56 bits per heavy atom. The first-order valence-corrected chi connectivity index (χ1v) is 8.51. The van der Waals surface area contributed by atoms with Crippen LogP contribution in [0.3, 0.4) is 0 Å². The van der Waals surface area contributed by atoms with Crippen LogP contribution in [-0.4, -0.2) is 31.9 Å². The zero-order valence-corrected chi connectivity index (χ0v) is 12.6. The number of hydrogen-bond donors (Lipinski definition) is 0. The zero-order chi connectivity index (χ0) is 13.2. The highest BCUT2D eigenvalue weighted by molar-refractivity contribution is 9.10. The predicted octanol–water partition coefficient (Wildman–Crippen LogP) is 2.25. The predicted molar refractivity (Wildman–Crippen MR) is 73.1 cm³/mol. The quantitative estimate of drug-likeness (QED) is 0.847. The number of halogens is 1. The molecule has 1 fully saturated rings. The first kappa shape index (κ1) is 14.0. The van der Waals surface area contributed by atoms with Crippen molar-refractivity contribution in [1.29, 1.82) is 0 Å². The third-order valence-electron chi connectivity index (χ3n) is 2.97. The summed E-state index contributed by atoms with van der Waals surface area (Å²) in [5.74, 6) is 0.0597. The fourth-order valence-corrected chi connectivity index (χ4v) is 4.17. The molecule has 0 bridgehead atoms. The molecule has 1 aliphatic heterocycles. The van der Waals surface area contributed by atoms with Gasteiger partial charge < -0.3 is 4.74 Å². The van der Waals surface area contributed by atoms with Crippen LogP contribution in [0.2, 0.25) is 0 Å². The molecule has 0 radical (unpaired) electrons. The third-order valence-corrected chi connectivity index (χ3v) is 5.65. The summed E-state index contributed by atoms with van der Waals surface area (Å²) in [6.45, 7) is 2.59. The van der Waals surface area contributed by atoms with Crippen LogP contribution in [0.5, 0.6) is 0 Å². The molecule has 1 aromatic rings. The smallest absolute Gasteiger partial charge is 0.158 e. The van der Waals surface area contributed by atoms with Crippen LogP contribution in [-0.2, 0) is 20.3 Å². The summed E-state index contributed by atoms with van der Waals surface area (Å²) in [5.41, 5.74) is 1.57. The van der Waals surface area contributed by atoms with Crippen LogP contribution < -0.4 is 0 Å². The summed E-state index contributed by atoms with van der Waals surface area (Å²) in [4.78, 5) is 4.13. The van der Waals surface area contributed by atoms with Gasteiger partial charge in [-0.05, 0) is 47.3 Å². The number of nitrogens with zero attached hydrogens (tertiary/aromatic N) is 1. The molecule has 4 nitrogen and oxygen atoms in total. The van der Waals surface area contributed by atoms with Gasteiger partial charge in [0.25, 0.3) is 0 Å². The number of sulfone groups is 1. The van der Waals surface area contributed by atoms with E-state index in [-0.39, 0.29) is 17.6 Å². The molecule has 2 heterocycles. The lowest BCUT2D eigenvalue weighted by Gasteiger charge is -2.11. The van der Waals surface area contributed by atoms with Gasteiger partial charge in [-0.3, -0.25) is 4.98 Å². The van der Waals surface area contributed by atoms with Crippen LogP contribution in [0.25, 0.3) is 0 Å². The molecule has 1 aliphatic rings. The van der Waals surface area contributed by atoms with Crippen LogP contribution >= 0.6 is 15.9 Å². The number of aryl methyl sites for hydroxylation is 1. The number of pyridine rings is 1. The monoisotopic (exact) mass is 333 g/mol. The van der Waals surface area contributed by atoms with E-state index in [4.69, 9.17) is 4.74 Å². The molecule has 1 saturated heterocycles. The fraction of sp³-hybridized carbons (Fsp3) is 0.583. The lowest BCUT2D eigenvalue weighted by molar-refractivity contribution is 0.127. The highest BCUT2D eigenvalue weighted by Gasteiger charge is 2.24. The molecule has 0 N–H and O–H groups in total. The number of aromatic nitrogens is 1. The summed E-state index contributed by atoms with van der Waals surface area (Å²) in [5, 5.41) is 0. The molecular weight excluding hydrogens is 318 g/mol. The second-order valence-corrected chi connectivity index (χ2v) is 7.48. The SMILES string of the molecule is Cc1ccnc(CS(=O)(=O)CC2CCCO2)c1Br. The normalized spacial score (nSPS) is 20.2. The van der Waals surface area contributed by atoms with Crippen molar-refractivity contribution in [3.05, 3.63) is 28.0 Å². The molecule has 0 amide bonds. The van der Waals surface area contributed by atoms with E-state index in [2.05, 4.69) is 20.9 Å². The minimum Gasteiger partial charge on any atom is -0.377 e. The standard InChI is InChI=1S/C12H16BrNO3S/c1-9-4-5-14-11(12(9)13)8-18(15,16)7-10-3-2-6-17-10/h4-5,10H,2-3,6-8H2,1H3. The van der Waals surface area contributed by atoms with Gasteiger partial charge in [0.2, 0.25) is 0 Å². The second kappa shape index (κ2) is 5.67. The van der Waals surface area contributed by atoms with Gasteiger partial charge in [-0.15, -0.1) is 0 Å². The molecule has 0 aliphatic carbocycles. The maximum absolute atomic E-state index is 12.1. The lowest BCUT2D eigenvalue weighted by Crippen LogP contribution is -2.22. The van der Waals surface area contributed by atoms with Crippen molar-refractivity contribution in [2.24, 2.45) is 0 Å². The molecule has 18 heavy (non-hydrogen) atoms. The van der Waals surface area contributed by atoms with Gasteiger partial charge in [0.05, 0.1) is 23.3 Å². The zero-order valence-electron chi connectivity index (χ0n) is 10.2. The molecule has 0 spiro atoms. The first-order valence-electron chi connectivity index (χ1n) is 5.90. The maximum atomic E-state index is 12.1. The summed E-state index contributed by atoms with van der Waals surface area (Å²) in [6.07, 6.45) is 3.28. The number of ether oxygens (including phenoxy) is 1. The Morgan fingerprint density at radius 3 is 3.00 bits per heavy atom. The van der Waals surface area contributed by atoms with Crippen molar-refractivity contribution >= 4 is 25.8 Å². The van der Waals surface area contributed by atoms with E-state index < -0.39 is 9.84 Å². The summed E-state index contributed by atoms with van der Waals surface area (Å²) in [7, 11) is -3.17. The Hall–Kier alpha value is -0.460. The van der Waals surface area contributed by atoms with Gasteiger partial charge in [-0.2, -0.15) is 0 Å². The van der Waals surface area contributed by atoms with E-state index in [1.165, 1.54) is 0 Å². The summed E-state index contributed by atoms with van der Waals surface area (Å²) >= 11 is 3.39. The minimum absolute atomic E-state index is 0.0326. The highest BCUT2D eigenvalue weighted by atomic mass is 79.9. The summed E-state index contributed by atoms with van der Waals surface area (Å²) in [6, 6.07) is 1.85. The Bertz CT molecular complexity index is 524. The molecular formula is C12H16BrNO3S. The van der Waals surface area contributed by atoms with E-state index in [0.717, 1.165) is 22.9 Å². The van der Waals surface area contributed by atoms with E-state index in [0.29, 0.717) is 12.3 Å². The van der Waals surface area contributed by atoms with Crippen LogP contribution in [0.4, 0.5) is 0 Å². The van der Waals surface area contributed by atoms with Gasteiger partial charge in [-0.25, -0.2) is 8.42 Å². The third kappa shape index (κ3) is 3.52.